The number of hydrogen-bond donors (Lipinski definition) is 2. The average Bonchev–Trinajstić information content (AvgIpc) is 2.75. The van der Waals surface area contributed by atoms with Gasteiger partial charge < -0.3 is 19.7 Å². The van der Waals surface area contributed by atoms with Gasteiger partial charge in [0.05, 0.1) is 5.69 Å². The lowest BCUT2D eigenvalue weighted by Gasteiger charge is -2.15. The van der Waals surface area contributed by atoms with Gasteiger partial charge in [-0.15, -0.1) is 6.58 Å². The molecule has 0 fully saturated rings. The van der Waals surface area contributed by atoms with Gasteiger partial charge in [-0.25, -0.2) is 4.79 Å². The molecule has 0 aliphatic rings. The number of ether oxygens (including phenoxy) is 1. The second kappa shape index (κ2) is 9.13. The number of carbonyl (C=O) groups is 1. The molecule has 0 radical (unpaired) electrons. The molecule has 3 aromatic rings. The van der Waals surface area contributed by atoms with Crippen LogP contribution >= 0.6 is 0 Å². The van der Waals surface area contributed by atoms with Gasteiger partial charge in [0.25, 0.3) is 5.56 Å². The highest BCUT2D eigenvalue weighted by Crippen LogP contribution is 2.31. The van der Waals surface area contributed by atoms with Crippen LogP contribution < -0.4 is 10.5 Å². The number of anilines is 1. The van der Waals surface area contributed by atoms with Gasteiger partial charge in [-0.1, -0.05) is 48.5 Å². The van der Waals surface area contributed by atoms with Crippen LogP contribution in [0.4, 0.5) is 5.69 Å². The molecule has 3 rings (SSSR count). The first-order chi connectivity index (χ1) is 14.4. The molecule has 154 valence electrons. The zero-order chi connectivity index (χ0) is 21.7. The second-order valence-electron chi connectivity index (χ2n) is 7.03. The molecular formula is C24H24N2O4. The number of benzene rings is 2. The van der Waals surface area contributed by atoms with Crippen molar-refractivity contribution in [1.82, 2.24) is 4.98 Å². The maximum Gasteiger partial charge on any atom is 0.347 e. The van der Waals surface area contributed by atoms with Crippen molar-refractivity contribution in [3.05, 3.63) is 94.3 Å². The van der Waals surface area contributed by atoms with Crippen LogP contribution in [0.1, 0.15) is 21.5 Å². The largest absolute Gasteiger partial charge is 0.506 e. The van der Waals surface area contributed by atoms with Gasteiger partial charge in [-0.3, -0.25) is 4.79 Å². The predicted molar refractivity (Wildman–Crippen MR) is 118 cm³/mol. The molecule has 0 aliphatic carbocycles. The van der Waals surface area contributed by atoms with E-state index in [0.717, 1.165) is 11.3 Å². The Bertz CT molecular complexity index is 1100. The highest BCUT2D eigenvalue weighted by Gasteiger charge is 2.24. The number of esters is 1. The number of allylic oxidation sites excluding steroid dienone is 1. The third kappa shape index (κ3) is 4.43. The Hall–Kier alpha value is -3.80. The fourth-order valence-corrected chi connectivity index (χ4v) is 3.13. The molecule has 0 spiro atoms. The lowest BCUT2D eigenvalue weighted by Crippen LogP contribution is -2.22. The fourth-order valence-electron chi connectivity index (χ4n) is 3.13. The summed E-state index contributed by atoms with van der Waals surface area (Å²) in [5.74, 6) is -1.26. The Morgan fingerprint density at radius 3 is 2.40 bits per heavy atom. The van der Waals surface area contributed by atoms with Crippen LogP contribution in [0.3, 0.4) is 0 Å². The standard InChI is InChI=1S/C24H24N2O4/c1-4-8-19-21(17-11-13-18(14-12-17)26(2)3)25-23(28)20(22(19)27)24(29)30-15-16-9-6-5-7-10-16/h4-7,9-14H,1,8,15H2,2-3H3,(H2,25,27,28). The molecule has 0 unspecified atom stereocenters. The molecule has 2 N–H and O–H groups in total. The topological polar surface area (TPSA) is 82.6 Å². The van der Waals surface area contributed by atoms with E-state index in [1.165, 1.54) is 0 Å². The highest BCUT2D eigenvalue weighted by atomic mass is 16.5. The van der Waals surface area contributed by atoms with Crippen molar-refractivity contribution in [1.29, 1.82) is 0 Å². The Labute approximate surface area is 175 Å². The quantitative estimate of drug-likeness (QED) is 0.461. The first-order valence-corrected chi connectivity index (χ1v) is 9.50. The molecule has 0 amide bonds. The number of carbonyl (C=O) groups excluding carboxylic acids is 1. The van der Waals surface area contributed by atoms with Crippen LogP contribution in [-0.2, 0) is 17.8 Å². The lowest BCUT2D eigenvalue weighted by molar-refractivity contribution is 0.0467. The third-order valence-corrected chi connectivity index (χ3v) is 4.73. The van der Waals surface area contributed by atoms with E-state index in [1.54, 1.807) is 18.2 Å². The Kier molecular flexibility index (Phi) is 6.37. The van der Waals surface area contributed by atoms with Crippen molar-refractivity contribution in [3.8, 4) is 17.0 Å². The Morgan fingerprint density at radius 2 is 1.80 bits per heavy atom. The van der Waals surface area contributed by atoms with Gasteiger partial charge in [-0.2, -0.15) is 0 Å². The molecule has 0 aliphatic heterocycles. The van der Waals surface area contributed by atoms with E-state index >= 15 is 0 Å². The van der Waals surface area contributed by atoms with Crippen molar-refractivity contribution in [3.63, 3.8) is 0 Å². The normalized spacial score (nSPS) is 10.5. The molecule has 2 aromatic carbocycles. The first kappa shape index (κ1) is 20.9. The maximum atomic E-state index is 12.7. The van der Waals surface area contributed by atoms with Crippen LogP contribution in [-0.4, -0.2) is 30.2 Å². The van der Waals surface area contributed by atoms with Crippen molar-refractivity contribution < 1.29 is 14.6 Å². The first-order valence-electron chi connectivity index (χ1n) is 9.50. The van der Waals surface area contributed by atoms with Gasteiger partial charge >= 0.3 is 5.97 Å². The summed E-state index contributed by atoms with van der Waals surface area (Å²) in [5, 5.41) is 10.8. The number of aromatic amines is 1. The summed E-state index contributed by atoms with van der Waals surface area (Å²) in [4.78, 5) is 29.9. The van der Waals surface area contributed by atoms with Gasteiger partial charge in [0, 0.05) is 25.3 Å². The number of nitrogens with zero attached hydrogens (tertiary/aromatic N) is 1. The smallest absolute Gasteiger partial charge is 0.347 e. The summed E-state index contributed by atoms with van der Waals surface area (Å²) in [6.45, 7) is 3.72. The fraction of sp³-hybridized carbons (Fsp3) is 0.167. The van der Waals surface area contributed by atoms with Crippen molar-refractivity contribution >= 4 is 11.7 Å². The monoisotopic (exact) mass is 404 g/mol. The van der Waals surface area contributed by atoms with Gasteiger partial charge in [-0.05, 0) is 29.7 Å². The van der Waals surface area contributed by atoms with Crippen LogP contribution in [0.5, 0.6) is 5.75 Å². The maximum absolute atomic E-state index is 12.7. The third-order valence-electron chi connectivity index (χ3n) is 4.73. The minimum Gasteiger partial charge on any atom is -0.506 e. The van der Waals surface area contributed by atoms with E-state index in [-0.39, 0.29) is 18.8 Å². The minimum absolute atomic E-state index is 0.00307. The van der Waals surface area contributed by atoms with Crippen molar-refractivity contribution in [2.45, 2.75) is 13.0 Å². The molecule has 0 saturated carbocycles. The molecular weight excluding hydrogens is 380 g/mol. The molecule has 1 heterocycles. The van der Waals surface area contributed by atoms with E-state index in [9.17, 15) is 14.7 Å². The molecule has 0 saturated heterocycles. The van der Waals surface area contributed by atoms with Crippen LogP contribution in [0, 0.1) is 0 Å². The number of pyridine rings is 1. The zero-order valence-corrected chi connectivity index (χ0v) is 17.0. The number of rotatable bonds is 7. The van der Waals surface area contributed by atoms with Crippen molar-refractivity contribution in [2.24, 2.45) is 0 Å². The predicted octanol–water partition coefficient (Wildman–Crippen LogP) is 3.90. The summed E-state index contributed by atoms with van der Waals surface area (Å²) in [5.41, 5.74) is 2.24. The number of aromatic hydroxyl groups is 1. The molecule has 30 heavy (non-hydrogen) atoms. The van der Waals surface area contributed by atoms with Gasteiger partial charge in [0.15, 0.2) is 5.56 Å². The summed E-state index contributed by atoms with van der Waals surface area (Å²) in [6.07, 6.45) is 1.87. The molecule has 0 bridgehead atoms. The van der Waals surface area contributed by atoms with E-state index in [0.29, 0.717) is 16.8 Å². The average molecular weight is 404 g/mol. The van der Waals surface area contributed by atoms with E-state index < -0.39 is 17.1 Å². The molecule has 6 heteroatoms. The Morgan fingerprint density at radius 1 is 1.13 bits per heavy atom. The molecule has 0 atom stereocenters. The van der Waals surface area contributed by atoms with E-state index in [2.05, 4.69) is 11.6 Å². The molecule has 1 aromatic heterocycles. The lowest BCUT2D eigenvalue weighted by atomic mass is 9.99. The number of H-pyrrole nitrogens is 1. The highest BCUT2D eigenvalue weighted by molar-refractivity contribution is 5.93. The van der Waals surface area contributed by atoms with Gasteiger partial charge in [0.1, 0.15) is 12.4 Å². The van der Waals surface area contributed by atoms with E-state index in [4.69, 9.17) is 4.74 Å². The zero-order valence-electron chi connectivity index (χ0n) is 17.0. The second-order valence-corrected chi connectivity index (χ2v) is 7.03. The molecule has 6 nitrogen and oxygen atoms in total. The summed E-state index contributed by atoms with van der Waals surface area (Å²) in [6, 6.07) is 16.6. The van der Waals surface area contributed by atoms with Crippen LogP contribution in [0.25, 0.3) is 11.3 Å². The van der Waals surface area contributed by atoms with Crippen molar-refractivity contribution in [2.75, 3.05) is 19.0 Å². The van der Waals surface area contributed by atoms with Crippen LogP contribution in [0.2, 0.25) is 0 Å². The number of hydrogen-bond acceptors (Lipinski definition) is 5. The SMILES string of the molecule is C=CCc1c(-c2ccc(N(C)C)cc2)[nH]c(=O)c(C(=O)OCc2ccccc2)c1O. The van der Waals surface area contributed by atoms with Gasteiger partial charge in [0.2, 0.25) is 0 Å². The summed E-state index contributed by atoms with van der Waals surface area (Å²) >= 11 is 0. The van der Waals surface area contributed by atoms with Crippen LogP contribution in [0.15, 0.2) is 72.0 Å². The minimum atomic E-state index is -0.877. The van der Waals surface area contributed by atoms with E-state index in [1.807, 2.05) is 61.5 Å². The Balaban J connectivity index is 1.98. The number of aromatic nitrogens is 1. The summed E-state index contributed by atoms with van der Waals surface area (Å²) in [7, 11) is 3.86. The summed E-state index contributed by atoms with van der Waals surface area (Å²) < 4.78 is 5.25. The number of nitrogens with one attached hydrogen (secondary N) is 1.